The van der Waals surface area contributed by atoms with Crippen LogP contribution in [0.4, 0.5) is 4.79 Å². The number of thioether (sulfide) groups is 1. The number of oxime groups is 1. The SMILES string of the molecule is C=CCOC(=O)N1C[C@@H](SC(c2ccccc2)(c2ccccc2)c2ccccc2)C[C@H]1C(=O)N1CC/C(=N\OC)C1. The van der Waals surface area contributed by atoms with Crippen LogP contribution in [0.25, 0.3) is 0 Å². The zero-order valence-corrected chi connectivity index (χ0v) is 24.0. The van der Waals surface area contributed by atoms with Crippen LogP contribution < -0.4 is 0 Å². The van der Waals surface area contributed by atoms with Crippen molar-refractivity contribution in [2.45, 2.75) is 28.9 Å². The minimum Gasteiger partial charge on any atom is -0.445 e. The molecule has 2 atom stereocenters. The molecule has 0 radical (unpaired) electrons. The average Bonchev–Trinajstić information content (AvgIpc) is 3.67. The monoisotopic (exact) mass is 569 g/mol. The van der Waals surface area contributed by atoms with E-state index in [0.29, 0.717) is 32.5 Å². The highest BCUT2D eigenvalue weighted by Gasteiger charge is 2.47. The van der Waals surface area contributed by atoms with Crippen molar-refractivity contribution in [2.75, 3.05) is 33.4 Å². The number of carbonyl (C=O) groups excluding carboxylic acids is 2. The predicted octanol–water partition coefficient (Wildman–Crippen LogP) is 5.71. The molecule has 0 saturated carbocycles. The summed E-state index contributed by atoms with van der Waals surface area (Å²) in [4.78, 5) is 35.4. The van der Waals surface area contributed by atoms with Gasteiger partial charge in [0.25, 0.3) is 0 Å². The Morgan fingerprint density at radius 3 is 2.05 bits per heavy atom. The lowest BCUT2D eigenvalue weighted by Gasteiger charge is -2.37. The molecule has 2 aliphatic heterocycles. The standard InChI is InChI=1S/C33H35N3O4S/c1-3-21-40-32(38)36-24-29(22-30(36)31(37)35-20-19-28(23-35)34-39-2)41-33(25-13-7-4-8-14-25,26-15-9-5-10-16-26)27-17-11-6-12-18-27/h3-18,29-30H,1,19-24H2,2H3/b34-28+/t29-,30-/m0/s1. The summed E-state index contributed by atoms with van der Waals surface area (Å²) in [5.74, 6) is -0.0883. The first-order valence-corrected chi connectivity index (χ1v) is 14.7. The number of likely N-dealkylation sites (tertiary alicyclic amines) is 2. The second-order valence-electron chi connectivity index (χ2n) is 10.1. The third-order valence-electron chi connectivity index (χ3n) is 7.57. The molecule has 0 unspecified atom stereocenters. The average molecular weight is 570 g/mol. The minimum absolute atomic E-state index is 0.0458. The van der Waals surface area contributed by atoms with Crippen LogP contribution in [0.15, 0.2) is 109 Å². The van der Waals surface area contributed by atoms with Gasteiger partial charge in [0, 0.05) is 24.8 Å². The summed E-state index contributed by atoms with van der Waals surface area (Å²) < 4.78 is 4.89. The fourth-order valence-electron chi connectivity index (χ4n) is 5.75. The predicted molar refractivity (Wildman–Crippen MR) is 163 cm³/mol. The van der Waals surface area contributed by atoms with Gasteiger partial charge in [-0.1, -0.05) is 109 Å². The Balaban J connectivity index is 1.52. The summed E-state index contributed by atoms with van der Waals surface area (Å²) in [6.45, 7) is 5.09. The van der Waals surface area contributed by atoms with Crippen molar-refractivity contribution in [1.82, 2.24) is 9.80 Å². The Hall–Kier alpha value is -4.04. The summed E-state index contributed by atoms with van der Waals surface area (Å²) in [5.41, 5.74) is 4.23. The molecular formula is C33H35N3O4S. The Morgan fingerprint density at radius 1 is 0.976 bits per heavy atom. The lowest BCUT2D eigenvalue weighted by atomic mass is 9.84. The first-order chi connectivity index (χ1) is 20.1. The number of carbonyl (C=O) groups is 2. The number of ether oxygens (including phenoxy) is 1. The normalized spacial score (nSPS) is 19.8. The molecule has 0 aliphatic carbocycles. The number of rotatable bonds is 9. The zero-order chi connectivity index (χ0) is 28.7. The number of hydrogen-bond donors (Lipinski definition) is 0. The zero-order valence-electron chi connectivity index (χ0n) is 23.2. The van der Waals surface area contributed by atoms with E-state index in [9.17, 15) is 9.59 Å². The quantitative estimate of drug-likeness (QED) is 0.188. The lowest BCUT2D eigenvalue weighted by molar-refractivity contribution is -0.134. The van der Waals surface area contributed by atoms with E-state index >= 15 is 0 Å². The largest absolute Gasteiger partial charge is 0.445 e. The van der Waals surface area contributed by atoms with E-state index < -0.39 is 16.9 Å². The van der Waals surface area contributed by atoms with Gasteiger partial charge in [-0.15, -0.1) is 11.8 Å². The van der Waals surface area contributed by atoms with Gasteiger partial charge in [-0.2, -0.15) is 0 Å². The van der Waals surface area contributed by atoms with Gasteiger partial charge in [0.2, 0.25) is 5.91 Å². The van der Waals surface area contributed by atoms with Crippen molar-refractivity contribution in [3.05, 3.63) is 120 Å². The van der Waals surface area contributed by atoms with Gasteiger partial charge in [0.15, 0.2) is 0 Å². The maximum absolute atomic E-state index is 13.9. The van der Waals surface area contributed by atoms with Crippen molar-refractivity contribution in [1.29, 1.82) is 0 Å². The minimum atomic E-state index is -0.633. The molecule has 2 heterocycles. The highest BCUT2D eigenvalue weighted by Crippen LogP contribution is 2.52. The number of nitrogens with zero attached hydrogens (tertiary/aromatic N) is 3. The van der Waals surface area contributed by atoms with Crippen molar-refractivity contribution in [3.8, 4) is 0 Å². The van der Waals surface area contributed by atoms with E-state index in [-0.39, 0.29) is 17.8 Å². The number of benzene rings is 3. The van der Waals surface area contributed by atoms with Gasteiger partial charge in [-0.25, -0.2) is 4.79 Å². The molecule has 212 valence electrons. The van der Waals surface area contributed by atoms with E-state index in [1.165, 1.54) is 13.2 Å². The van der Waals surface area contributed by atoms with E-state index in [4.69, 9.17) is 9.57 Å². The van der Waals surface area contributed by atoms with E-state index in [1.807, 2.05) is 18.2 Å². The van der Waals surface area contributed by atoms with Crippen LogP contribution in [0, 0.1) is 0 Å². The molecule has 3 aromatic carbocycles. The van der Waals surface area contributed by atoms with Crippen LogP contribution in [0.1, 0.15) is 29.5 Å². The fourth-order valence-corrected chi connectivity index (χ4v) is 7.58. The fraction of sp³-hybridized carbons (Fsp3) is 0.303. The van der Waals surface area contributed by atoms with Gasteiger partial charge in [0.1, 0.15) is 19.8 Å². The van der Waals surface area contributed by atoms with Crippen LogP contribution in [-0.4, -0.2) is 72.2 Å². The Morgan fingerprint density at radius 2 is 1.54 bits per heavy atom. The van der Waals surface area contributed by atoms with Crippen molar-refractivity contribution in [3.63, 3.8) is 0 Å². The molecule has 0 bridgehead atoms. The Labute approximate surface area is 245 Å². The first kappa shape index (κ1) is 28.5. The maximum Gasteiger partial charge on any atom is 0.410 e. The van der Waals surface area contributed by atoms with Crippen molar-refractivity contribution < 1.29 is 19.2 Å². The van der Waals surface area contributed by atoms with E-state index in [2.05, 4.69) is 84.5 Å². The summed E-state index contributed by atoms with van der Waals surface area (Å²) >= 11 is 1.79. The molecule has 0 aromatic heterocycles. The van der Waals surface area contributed by atoms with Gasteiger partial charge in [-0.3, -0.25) is 9.69 Å². The molecule has 2 aliphatic rings. The third kappa shape index (κ3) is 6.03. The second kappa shape index (κ2) is 13.1. The van der Waals surface area contributed by atoms with Gasteiger partial charge >= 0.3 is 6.09 Å². The number of amides is 2. The van der Waals surface area contributed by atoms with Gasteiger partial charge < -0.3 is 14.5 Å². The summed E-state index contributed by atoms with van der Waals surface area (Å²) in [7, 11) is 1.51. The molecule has 2 saturated heterocycles. The molecule has 8 heteroatoms. The van der Waals surface area contributed by atoms with Crippen LogP contribution in [0.5, 0.6) is 0 Å². The molecule has 2 amide bonds. The van der Waals surface area contributed by atoms with E-state index in [1.54, 1.807) is 21.6 Å². The molecule has 3 aromatic rings. The van der Waals surface area contributed by atoms with Gasteiger partial charge in [0.05, 0.1) is 17.0 Å². The maximum atomic E-state index is 13.9. The van der Waals surface area contributed by atoms with Crippen LogP contribution in [0.2, 0.25) is 0 Å². The van der Waals surface area contributed by atoms with Crippen molar-refractivity contribution in [2.24, 2.45) is 5.16 Å². The molecule has 7 nitrogen and oxygen atoms in total. The highest BCUT2D eigenvalue weighted by atomic mass is 32.2. The second-order valence-corrected chi connectivity index (χ2v) is 11.7. The molecule has 2 fully saturated rings. The van der Waals surface area contributed by atoms with E-state index in [0.717, 1.165) is 22.4 Å². The lowest BCUT2D eigenvalue weighted by Crippen LogP contribution is -2.47. The molecule has 5 rings (SSSR count). The Kier molecular flexibility index (Phi) is 9.09. The molecule has 0 spiro atoms. The topological polar surface area (TPSA) is 71.4 Å². The summed E-state index contributed by atoms with van der Waals surface area (Å²) in [6.07, 6.45) is 2.20. The third-order valence-corrected chi connectivity index (χ3v) is 9.30. The molecular weight excluding hydrogens is 534 g/mol. The van der Waals surface area contributed by atoms with Crippen LogP contribution in [0.3, 0.4) is 0 Å². The Bertz CT molecular complexity index is 1270. The van der Waals surface area contributed by atoms with Crippen LogP contribution in [-0.2, 0) is 19.1 Å². The molecule has 0 N–H and O–H groups in total. The number of hydrogen-bond acceptors (Lipinski definition) is 6. The summed E-state index contributed by atoms with van der Waals surface area (Å²) in [5, 5.41) is 4.00. The molecule has 41 heavy (non-hydrogen) atoms. The highest BCUT2D eigenvalue weighted by molar-refractivity contribution is 8.01. The first-order valence-electron chi connectivity index (χ1n) is 13.8. The smallest absolute Gasteiger partial charge is 0.410 e. The summed E-state index contributed by atoms with van der Waals surface area (Å²) in [6, 6.07) is 30.7. The van der Waals surface area contributed by atoms with Crippen molar-refractivity contribution >= 4 is 29.5 Å². The van der Waals surface area contributed by atoms with Gasteiger partial charge in [-0.05, 0) is 23.1 Å². The van der Waals surface area contributed by atoms with Crippen LogP contribution >= 0.6 is 11.8 Å².